The molecule has 2 rings (SSSR count). The van der Waals surface area contributed by atoms with Gasteiger partial charge in [-0.25, -0.2) is 0 Å². The zero-order valence-corrected chi connectivity index (χ0v) is 24.6. The molecule has 252 valence electrons. The molecule has 44 heavy (non-hydrogen) atoms. The van der Waals surface area contributed by atoms with E-state index in [-0.39, 0.29) is 21.2 Å². The summed E-state index contributed by atoms with van der Waals surface area (Å²) in [4.78, 5) is 0. The van der Waals surface area contributed by atoms with E-state index in [9.17, 15) is 91.1 Å². The maximum atomic E-state index is 13.1. The highest BCUT2D eigenvalue weighted by Crippen LogP contribution is 2.56. The average molecular weight is 842 g/mol. The van der Waals surface area contributed by atoms with Crippen molar-refractivity contribution >= 4 is 29.5 Å². The van der Waals surface area contributed by atoms with E-state index in [1.165, 1.54) is 7.14 Å². The lowest BCUT2D eigenvalue weighted by molar-refractivity contribution is -0.597. The van der Waals surface area contributed by atoms with Gasteiger partial charge in [-0.1, -0.05) is 36.4 Å². The molecule has 0 N–H and O–H groups in total. The van der Waals surface area contributed by atoms with Crippen molar-refractivity contribution in [3.63, 3.8) is 0 Å². The van der Waals surface area contributed by atoms with Gasteiger partial charge < -0.3 is 0 Å². The minimum absolute atomic E-state index is 0.0287. The third kappa shape index (κ3) is 7.50. The van der Waals surface area contributed by atoms with Crippen LogP contribution in [0, 0.1) is 11.1 Å². The largest absolute Gasteiger partial charge is 0.466 e. The van der Waals surface area contributed by atoms with Gasteiger partial charge in [-0.2, -0.15) is 65.9 Å². The van der Waals surface area contributed by atoms with Gasteiger partial charge in [-0.3, -0.25) is 25.3 Å². The predicted octanol–water partition coefficient (Wildman–Crippen LogP) is 2.96. The van der Waals surface area contributed by atoms with Crippen molar-refractivity contribution in [3.8, 4) is 0 Å². The SMILES string of the molecule is O=S(=O)([C-](S(=O)(=O)C(F)(F)C(F)(F)F)S(=O)(=O)C(F)(F)C(F)(F)F)C(F)(F)C(F)(F)F.c1ccc([I+]c2ccccc2)cc1. The molecule has 0 heterocycles. The molecule has 6 nitrogen and oxygen atoms in total. The molecule has 0 bridgehead atoms. The van der Waals surface area contributed by atoms with E-state index in [1.54, 1.807) is 0 Å². The van der Waals surface area contributed by atoms with Crippen molar-refractivity contribution < 1.29 is 112 Å². The lowest BCUT2D eigenvalue weighted by atomic mass is 10.4. The van der Waals surface area contributed by atoms with Crippen molar-refractivity contribution in [2.45, 2.75) is 34.3 Å². The zero-order chi connectivity index (χ0) is 35.0. The zero-order valence-electron chi connectivity index (χ0n) is 20.0. The number of hydrogen-bond acceptors (Lipinski definition) is 6. The summed E-state index contributed by atoms with van der Waals surface area (Å²) in [5.41, 5.74) is 0. The molecule has 0 amide bonds. The first-order valence-corrected chi connectivity index (χ1v) is 16.6. The van der Waals surface area contributed by atoms with Crippen LogP contribution in [0.1, 0.15) is 0 Å². The Kier molecular flexibility index (Phi) is 11.5. The topological polar surface area (TPSA) is 102 Å². The number of hydrogen-bond donors (Lipinski definition) is 0. The quantitative estimate of drug-likeness (QED) is 0.231. The average Bonchev–Trinajstić information content (AvgIpc) is 2.83. The van der Waals surface area contributed by atoms with E-state index >= 15 is 0 Å². The second-order valence-corrected chi connectivity index (χ2v) is 17.1. The molecule has 0 aromatic heterocycles. The predicted molar refractivity (Wildman–Crippen MR) is 113 cm³/mol. The van der Waals surface area contributed by atoms with E-state index in [0.717, 1.165) is 0 Å². The Morgan fingerprint density at radius 1 is 0.409 bits per heavy atom. The summed E-state index contributed by atoms with van der Waals surface area (Å²) in [6, 6.07) is 21.4. The van der Waals surface area contributed by atoms with Crippen LogP contribution >= 0.6 is 0 Å². The molecule has 0 radical (unpaired) electrons. The van der Waals surface area contributed by atoms with Gasteiger partial charge in [0.2, 0.25) is 0 Å². The summed E-state index contributed by atoms with van der Waals surface area (Å²) in [6.07, 6.45) is -23.4. The van der Waals surface area contributed by atoms with Gasteiger partial charge in [-0.05, 0) is 24.3 Å². The third-order valence-corrected chi connectivity index (χ3v) is 15.0. The number of alkyl halides is 15. The Hall–Kier alpha value is -2.03. The maximum Gasteiger partial charge on any atom is 0.466 e. The number of sulfone groups is 3. The van der Waals surface area contributed by atoms with Gasteiger partial charge in [0.1, 0.15) is 29.5 Å². The molecular formula is C19H10F15IO6S3. The number of halogens is 16. The van der Waals surface area contributed by atoms with Gasteiger partial charge in [0, 0.05) is 0 Å². The fourth-order valence-electron chi connectivity index (χ4n) is 2.29. The van der Waals surface area contributed by atoms with Crippen molar-refractivity contribution in [2.75, 3.05) is 0 Å². The first kappa shape index (κ1) is 40.0. The van der Waals surface area contributed by atoms with E-state index in [2.05, 4.69) is 60.7 Å². The highest BCUT2D eigenvalue weighted by Gasteiger charge is 2.77. The van der Waals surface area contributed by atoms with Gasteiger partial charge in [0.25, 0.3) is 0 Å². The monoisotopic (exact) mass is 842 g/mol. The Morgan fingerprint density at radius 2 is 0.614 bits per heavy atom. The van der Waals surface area contributed by atoms with Crippen LogP contribution in [0.2, 0.25) is 0 Å². The highest BCUT2D eigenvalue weighted by molar-refractivity contribution is 8.29. The summed E-state index contributed by atoms with van der Waals surface area (Å²) < 4.78 is 252. The minimum Gasteiger partial charge on any atom is -0.254 e. The Balaban J connectivity index is 0.000000607. The van der Waals surface area contributed by atoms with Gasteiger partial charge in [-0.15, -0.1) is 0 Å². The summed E-state index contributed by atoms with van der Waals surface area (Å²) in [6.45, 7) is 0. The van der Waals surface area contributed by atoms with Crippen molar-refractivity contribution in [1.29, 1.82) is 0 Å². The normalized spacial score (nSPS) is 14.6. The standard InChI is InChI=1S/C12H10I.C7F15O6S3/c1-3-7-11(8-4-1)13-12-9-5-2-6-10-12;8-2(9,10)5(17,18)29(23,24)1(30(25,26)6(19,20)3(11,12)13)31(27,28)7(21,22)4(14,15)16/h1-10H;/q+1;-1. The van der Waals surface area contributed by atoms with Gasteiger partial charge >= 0.3 is 55.5 Å². The van der Waals surface area contributed by atoms with E-state index < -0.39 is 67.7 Å². The summed E-state index contributed by atoms with van der Waals surface area (Å²) >= 11 is 0.0287. The Bertz CT molecular complexity index is 1430. The van der Waals surface area contributed by atoms with Crippen LogP contribution in [-0.2, 0) is 29.5 Å². The summed E-state index contributed by atoms with van der Waals surface area (Å²) in [7, 11) is -27.7. The molecule has 25 heteroatoms. The van der Waals surface area contributed by atoms with Crippen LogP contribution in [-0.4, -0.2) is 59.5 Å². The van der Waals surface area contributed by atoms with Gasteiger partial charge in [0.05, 0.1) is 3.91 Å². The second-order valence-electron chi connectivity index (χ2n) is 7.49. The van der Waals surface area contributed by atoms with E-state index in [1.807, 2.05) is 0 Å². The van der Waals surface area contributed by atoms with Gasteiger partial charge in [0.15, 0.2) is 7.14 Å². The molecule has 2 aromatic carbocycles. The number of rotatable bonds is 8. The first-order chi connectivity index (χ1) is 19.3. The van der Waals surface area contributed by atoms with Crippen LogP contribution in [0.4, 0.5) is 65.9 Å². The van der Waals surface area contributed by atoms with E-state index in [4.69, 9.17) is 0 Å². The lowest BCUT2D eigenvalue weighted by Crippen LogP contribution is -3.61. The molecule has 0 saturated heterocycles. The van der Waals surface area contributed by atoms with Crippen molar-refractivity contribution in [3.05, 3.63) is 71.7 Å². The molecule has 0 fully saturated rings. The molecule has 2 aromatic rings. The Morgan fingerprint density at radius 3 is 0.795 bits per heavy atom. The van der Waals surface area contributed by atoms with Crippen LogP contribution < -0.4 is 21.2 Å². The molecule has 0 saturated carbocycles. The van der Waals surface area contributed by atoms with Crippen molar-refractivity contribution in [2.24, 2.45) is 0 Å². The molecule has 0 aliphatic heterocycles. The Labute approximate surface area is 247 Å². The maximum absolute atomic E-state index is 13.1. The molecule has 0 aliphatic rings. The fraction of sp³-hybridized carbons (Fsp3) is 0.316. The second kappa shape index (κ2) is 12.6. The molecule has 0 unspecified atom stereocenters. The van der Waals surface area contributed by atoms with E-state index in [0.29, 0.717) is 0 Å². The third-order valence-electron chi connectivity index (χ3n) is 4.35. The molecular weight excluding hydrogens is 832 g/mol. The first-order valence-electron chi connectivity index (χ1n) is 10.0. The van der Waals surface area contributed by atoms with Crippen molar-refractivity contribution in [1.82, 2.24) is 0 Å². The smallest absolute Gasteiger partial charge is 0.254 e. The fourth-order valence-corrected chi connectivity index (χ4v) is 11.4. The van der Waals surface area contributed by atoms with Crippen LogP contribution in [0.15, 0.2) is 60.7 Å². The minimum atomic E-state index is -9.24. The highest BCUT2D eigenvalue weighted by atomic mass is 127. The molecule has 0 atom stereocenters. The lowest BCUT2D eigenvalue weighted by Gasteiger charge is -2.38. The molecule has 0 spiro atoms. The summed E-state index contributed by atoms with van der Waals surface area (Å²) in [5.74, 6) is 0. The molecule has 0 aliphatic carbocycles. The van der Waals surface area contributed by atoms with Crippen LogP contribution in [0.25, 0.3) is 0 Å². The van der Waals surface area contributed by atoms with Crippen LogP contribution in [0.3, 0.4) is 0 Å². The number of benzene rings is 2. The van der Waals surface area contributed by atoms with Crippen LogP contribution in [0.5, 0.6) is 0 Å². The summed E-state index contributed by atoms with van der Waals surface area (Å²) in [5, 5.41) is -24.2.